The summed E-state index contributed by atoms with van der Waals surface area (Å²) in [6.45, 7) is 6.12. The van der Waals surface area contributed by atoms with Crippen molar-refractivity contribution in [3.05, 3.63) is 0 Å². The molecule has 4 atom stereocenters. The van der Waals surface area contributed by atoms with Crippen LogP contribution >= 0.6 is 0 Å². The van der Waals surface area contributed by atoms with Crippen LogP contribution in [0.3, 0.4) is 0 Å². The normalized spacial score (nSPS) is 35.3. The average molecular weight is 226 g/mol. The lowest BCUT2D eigenvalue weighted by Crippen LogP contribution is -2.46. The van der Waals surface area contributed by atoms with Crippen molar-refractivity contribution in [2.24, 2.45) is 11.8 Å². The molecule has 0 spiro atoms. The van der Waals surface area contributed by atoms with Crippen LogP contribution in [0, 0.1) is 11.8 Å². The van der Waals surface area contributed by atoms with E-state index in [4.69, 9.17) is 5.11 Å². The summed E-state index contributed by atoms with van der Waals surface area (Å²) >= 11 is 0. The maximum absolute atomic E-state index is 10.8. The Hall–Kier alpha value is -0.610. The number of aliphatic carboxylic acids is 1. The predicted octanol–water partition coefficient (Wildman–Crippen LogP) is 0.733. The Balaban J connectivity index is 1.89. The highest BCUT2D eigenvalue weighted by molar-refractivity contribution is 5.69. The zero-order chi connectivity index (χ0) is 11.7. The molecule has 0 aromatic carbocycles. The second-order valence-electron chi connectivity index (χ2n) is 5.38. The molecule has 2 bridgehead atoms. The Bertz CT molecular complexity index is 270. The Morgan fingerprint density at radius 1 is 1.50 bits per heavy atom. The largest absolute Gasteiger partial charge is 0.481 e. The molecule has 16 heavy (non-hydrogen) atoms. The van der Waals surface area contributed by atoms with E-state index in [0.29, 0.717) is 12.6 Å². The lowest BCUT2D eigenvalue weighted by molar-refractivity contribution is -0.141. The third-order valence-corrected chi connectivity index (χ3v) is 4.14. The van der Waals surface area contributed by atoms with Gasteiger partial charge < -0.3 is 14.9 Å². The van der Waals surface area contributed by atoms with Crippen molar-refractivity contribution in [3.63, 3.8) is 0 Å². The summed E-state index contributed by atoms with van der Waals surface area (Å²) in [5.41, 5.74) is 0. The number of hydrogen-bond acceptors (Lipinski definition) is 3. The lowest BCUT2D eigenvalue weighted by Gasteiger charge is -2.37. The van der Waals surface area contributed by atoms with Gasteiger partial charge in [-0.25, -0.2) is 0 Å². The number of carbonyl (C=O) groups is 1. The van der Waals surface area contributed by atoms with Crippen molar-refractivity contribution in [2.75, 3.05) is 33.2 Å². The van der Waals surface area contributed by atoms with Crippen LogP contribution in [-0.4, -0.2) is 60.1 Å². The number of rotatable bonds is 4. The molecule has 4 unspecified atom stereocenters. The van der Waals surface area contributed by atoms with Gasteiger partial charge in [-0.3, -0.25) is 4.79 Å². The maximum atomic E-state index is 10.8. The predicted molar refractivity (Wildman–Crippen MR) is 62.4 cm³/mol. The molecule has 2 fully saturated rings. The average Bonchev–Trinajstić information content (AvgIpc) is 2.60. The molecule has 4 nitrogen and oxygen atoms in total. The van der Waals surface area contributed by atoms with Gasteiger partial charge in [0.05, 0.1) is 5.92 Å². The Kier molecular flexibility index (Phi) is 3.50. The van der Waals surface area contributed by atoms with Gasteiger partial charge in [-0.15, -0.1) is 0 Å². The third kappa shape index (κ3) is 2.38. The SMILES string of the molecule is CC(CN(C)C1CCN2CCC1C2)C(=O)O. The van der Waals surface area contributed by atoms with Gasteiger partial charge in [-0.1, -0.05) is 6.92 Å². The standard InChI is InChI=1S/C12H22N2O2/c1-9(12(15)16)7-13(2)11-4-6-14-5-3-10(11)8-14/h9-11H,3-8H2,1-2H3,(H,15,16). The van der Waals surface area contributed by atoms with E-state index < -0.39 is 5.97 Å². The molecular weight excluding hydrogens is 204 g/mol. The van der Waals surface area contributed by atoms with Crippen molar-refractivity contribution >= 4 is 5.97 Å². The molecule has 2 aliphatic heterocycles. The van der Waals surface area contributed by atoms with Crippen LogP contribution in [0.1, 0.15) is 19.8 Å². The van der Waals surface area contributed by atoms with Gasteiger partial charge in [0.1, 0.15) is 0 Å². The first-order chi connectivity index (χ1) is 7.58. The topological polar surface area (TPSA) is 43.8 Å². The fraction of sp³-hybridized carbons (Fsp3) is 0.917. The monoisotopic (exact) mass is 226 g/mol. The number of fused-ring (bicyclic) bond motifs is 2. The quantitative estimate of drug-likeness (QED) is 0.767. The van der Waals surface area contributed by atoms with E-state index in [1.807, 2.05) is 0 Å². The van der Waals surface area contributed by atoms with Gasteiger partial charge in [0, 0.05) is 19.1 Å². The first-order valence-electron chi connectivity index (χ1n) is 6.23. The van der Waals surface area contributed by atoms with E-state index in [2.05, 4.69) is 16.8 Å². The van der Waals surface area contributed by atoms with E-state index in [9.17, 15) is 4.79 Å². The summed E-state index contributed by atoms with van der Waals surface area (Å²) in [5, 5.41) is 8.93. The minimum absolute atomic E-state index is 0.260. The molecule has 0 radical (unpaired) electrons. The molecule has 0 amide bonds. The summed E-state index contributed by atoms with van der Waals surface area (Å²) in [4.78, 5) is 15.6. The fourth-order valence-corrected chi connectivity index (χ4v) is 3.16. The number of carboxylic acids is 1. The number of nitrogens with zero attached hydrogens (tertiary/aromatic N) is 2. The van der Waals surface area contributed by atoms with Crippen molar-refractivity contribution in [1.29, 1.82) is 0 Å². The zero-order valence-electron chi connectivity index (χ0n) is 10.2. The van der Waals surface area contributed by atoms with Crippen LogP contribution in [0.5, 0.6) is 0 Å². The molecule has 2 aliphatic rings. The molecule has 0 aromatic rings. The molecule has 2 rings (SSSR count). The summed E-state index contributed by atoms with van der Waals surface area (Å²) in [6.07, 6.45) is 2.49. The van der Waals surface area contributed by atoms with E-state index in [0.717, 1.165) is 5.92 Å². The Morgan fingerprint density at radius 2 is 2.19 bits per heavy atom. The molecule has 1 N–H and O–H groups in total. The summed E-state index contributed by atoms with van der Waals surface area (Å²) in [5.74, 6) is -0.181. The smallest absolute Gasteiger partial charge is 0.307 e. The summed E-state index contributed by atoms with van der Waals surface area (Å²) < 4.78 is 0. The maximum Gasteiger partial charge on any atom is 0.307 e. The van der Waals surface area contributed by atoms with Crippen LogP contribution in [-0.2, 0) is 4.79 Å². The van der Waals surface area contributed by atoms with Crippen molar-refractivity contribution in [3.8, 4) is 0 Å². The first-order valence-corrected chi connectivity index (χ1v) is 6.23. The highest BCUT2D eigenvalue weighted by Gasteiger charge is 2.36. The fourth-order valence-electron chi connectivity index (χ4n) is 3.16. The second kappa shape index (κ2) is 4.72. The second-order valence-corrected chi connectivity index (χ2v) is 5.38. The first kappa shape index (κ1) is 11.9. The van der Waals surface area contributed by atoms with E-state index in [1.165, 1.54) is 32.5 Å². The highest BCUT2D eigenvalue weighted by Crippen LogP contribution is 2.30. The number of carboxylic acid groups (broad SMARTS) is 1. The molecule has 0 aliphatic carbocycles. The molecule has 0 aromatic heterocycles. The van der Waals surface area contributed by atoms with Crippen molar-refractivity contribution in [2.45, 2.75) is 25.8 Å². The van der Waals surface area contributed by atoms with Gasteiger partial charge in [0.25, 0.3) is 0 Å². The van der Waals surface area contributed by atoms with Gasteiger partial charge in [-0.2, -0.15) is 0 Å². The van der Waals surface area contributed by atoms with Crippen LogP contribution < -0.4 is 0 Å². The highest BCUT2D eigenvalue weighted by atomic mass is 16.4. The van der Waals surface area contributed by atoms with Gasteiger partial charge >= 0.3 is 5.97 Å². The van der Waals surface area contributed by atoms with Gasteiger partial charge in [0.15, 0.2) is 0 Å². The van der Waals surface area contributed by atoms with Gasteiger partial charge in [0.2, 0.25) is 0 Å². The van der Waals surface area contributed by atoms with E-state index in [-0.39, 0.29) is 5.92 Å². The van der Waals surface area contributed by atoms with Crippen LogP contribution in [0.4, 0.5) is 0 Å². The molecule has 2 heterocycles. The molecule has 2 saturated heterocycles. The minimum Gasteiger partial charge on any atom is -0.481 e. The summed E-state index contributed by atoms with van der Waals surface area (Å²) in [6, 6.07) is 0.598. The van der Waals surface area contributed by atoms with Crippen molar-refractivity contribution < 1.29 is 9.90 Å². The third-order valence-electron chi connectivity index (χ3n) is 4.14. The molecule has 4 heteroatoms. The van der Waals surface area contributed by atoms with E-state index in [1.54, 1.807) is 6.92 Å². The van der Waals surface area contributed by atoms with Crippen LogP contribution in [0.15, 0.2) is 0 Å². The Morgan fingerprint density at radius 3 is 2.88 bits per heavy atom. The van der Waals surface area contributed by atoms with Gasteiger partial charge in [-0.05, 0) is 38.9 Å². The molecular formula is C12H22N2O2. The van der Waals surface area contributed by atoms with Crippen molar-refractivity contribution in [1.82, 2.24) is 9.80 Å². The van der Waals surface area contributed by atoms with Crippen LogP contribution in [0.2, 0.25) is 0 Å². The van der Waals surface area contributed by atoms with Crippen LogP contribution in [0.25, 0.3) is 0 Å². The number of hydrogen-bond donors (Lipinski definition) is 1. The minimum atomic E-state index is -0.685. The molecule has 92 valence electrons. The molecule has 0 saturated carbocycles. The zero-order valence-corrected chi connectivity index (χ0v) is 10.2. The summed E-state index contributed by atoms with van der Waals surface area (Å²) in [7, 11) is 2.08. The lowest BCUT2D eigenvalue weighted by atomic mass is 9.92. The van der Waals surface area contributed by atoms with E-state index >= 15 is 0 Å². The number of piperidine rings is 1. The Labute approximate surface area is 97.2 Å².